The summed E-state index contributed by atoms with van der Waals surface area (Å²) >= 11 is 1.31. The monoisotopic (exact) mass is 350 g/mol. The lowest BCUT2D eigenvalue weighted by Crippen LogP contribution is -2.14. The van der Waals surface area contributed by atoms with Gasteiger partial charge in [-0.25, -0.2) is 0 Å². The molecule has 2 aromatic rings. The minimum Gasteiger partial charge on any atom is -0.494 e. The van der Waals surface area contributed by atoms with Gasteiger partial charge in [-0.3, -0.25) is 14.9 Å². The summed E-state index contributed by atoms with van der Waals surface area (Å²) in [5.74, 6) is -0.402. The van der Waals surface area contributed by atoms with Gasteiger partial charge < -0.3 is 10.1 Å². The summed E-state index contributed by atoms with van der Waals surface area (Å²) < 4.78 is 18.6. The third-order valence-electron chi connectivity index (χ3n) is 2.93. The maximum absolute atomic E-state index is 13.2. The molecule has 0 fully saturated rings. The summed E-state index contributed by atoms with van der Waals surface area (Å²) in [4.78, 5) is 22.6. The summed E-state index contributed by atoms with van der Waals surface area (Å²) in [6.07, 6.45) is 0. The first-order chi connectivity index (χ1) is 11.5. The SMILES string of the molecule is CCOc1ccc(SCC(=O)Nc2ccc(F)c([N+](=O)[O-])c2)cc1. The van der Waals surface area contributed by atoms with E-state index < -0.39 is 16.4 Å². The van der Waals surface area contributed by atoms with Gasteiger partial charge in [0.15, 0.2) is 0 Å². The van der Waals surface area contributed by atoms with Crippen molar-refractivity contribution in [1.82, 2.24) is 0 Å². The second-order valence-corrected chi connectivity index (χ2v) is 5.71. The van der Waals surface area contributed by atoms with Crippen LogP contribution in [0.3, 0.4) is 0 Å². The van der Waals surface area contributed by atoms with E-state index in [4.69, 9.17) is 4.74 Å². The zero-order chi connectivity index (χ0) is 17.5. The highest BCUT2D eigenvalue weighted by atomic mass is 32.2. The van der Waals surface area contributed by atoms with E-state index in [9.17, 15) is 19.3 Å². The average Bonchev–Trinajstić information content (AvgIpc) is 2.56. The summed E-state index contributed by atoms with van der Waals surface area (Å²) in [5, 5.41) is 13.2. The Hall–Kier alpha value is -2.61. The van der Waals surface area contributed by atoms with Gasteiger partial charge in [-0.1, -0.05) is 0 Å². The molecule has 1 amide bonds. The summed E-state index contributed by atoms with van der Waals surface area (Å²) in [6.45, 7) is 2.48. The Kier molecular flexibility index (Phi) is 6.14. The molecule has 0 aliphatic heterocycles. The van der Waals surface area contributed by atoms with E-state index in [2.05, 4.69) is 5.32 Å². The number of rotatable bonds is 7. The fraction of sp³-hybridized carbons (Fsp3) is 0.188. The second kappa shape index (κ2) is 8.30. The topological polar surface area (TPSA) is 81.5 Å². The lowest BCUT2D eigenvalue weighted by molar-refractivity contribution is -0.387. The summed E-state index contributed by atoms with van der Waals surface area (Å²) in [7, 11) is 0. The number of nitro benzene ring substituents is 1. The molecule has 1 N–H and O–H groups in total. The molecule has 2 rings (SSSR count). The molecule has 6 nitrogen and oxygen atoms in total. The number of carbonyl (C=O) groups is 1. The Labute approximate surface area is 142 Å². The van der Waals surface area contributed by atoms with Crippen molar-refractivity contribution in [3.05, 3.63) is 58.4 Å². The van der Waals surface area contributed by atoms with Gasteiger partial charge in [0.2, 0.25) is 11.7 Å². The van der Waals surface area contributed by atoms with Gasteiger partial charge in [-0.2, -0.15) is 4.39 Å². The van der Waals surface area contributed by atoms with Gasteiger partial charge in [0, 0.05) is 16.6 Å². The molecule has 126 valence electrons. The van der Waals surface area contributed by atoms with Gasteiger partial charge in [0.25, 0.3) is 0 Å². The molecule has 0 spiro atoms. The van der Waals surface area contributed by atoms with Gasteiger partial charge >= 0.3 is 5.69 Å². The Morgan fingerprint density at radius 2 is 2.00 bits per heavy atom. The predicted octanol–water partition coefficient (Wildman–Crippen LogP) is 3.86. The van der Waals surface area contributed by atoms with Crippen LogP contribution in [0.1, 0.15) is 6.92 Å². The number of amides is 1. The number of anilines is 1. The van der Waals surface area contributed by atoms with Crippen molar-refractivity contribution >= 4 is 29.0 Å². The number of benzene rings is 2. The molecule has 0 unspecified atom stereocenters. The van der Waals surface area contributed by atoms with Gasteiger partial charge in [0.05, 0.1) is 17.3 Å². The third kappa shape index (κ3) is 4.95. The van der Waals surface area contributed by atoms with Crippen molar-refractivity contribution in [3.63, 3.8) is 0 Å². The first-order valence-electron chi connectivity index (χ1n) is 7.09. The van der Waals surface area contributed by atoms with Crippen LogP contribution in [0, 0.1) is 15.9 Å². The maximum atomic E-state index is 13.2. The second-order valence-electron chi connectivity index (χ2n) is 4.66. The van der Waals surface area contributed by atoms with Crippen LogP contribution in [0.2, 0.25) is 0 Å². The Morgan fingerprint density at radius 3 is 2.62 bits per heavy atom. The number of hydrogen-bond acceptors (Lipinski definition) is 5. The van der Waals surface area contributed by atoms with Crippen LogP contribution in [0.15, 0.2) is 47.4 Å². The van der Waals surface area contributed by atoms with E-state index in [1.165, 1.54) is 17.8 Å². The summed E-state index contributed by atoms with van der Waals surface area (Å²) in [5.41, 5.74) is -0.493. The molecule has 0 bridgehead atoms. The van der Waals surface area contributed by atoms with Crippen LogP contribution in [0.5, 0.6) is 5.75 Å². The number of carbonyl (C=O) groups excluding carboxylic acids is 1. The fourth-order valence-corrected chi connectivity index (χ4v) is 2.57. The van der Waals surface area contributed by atoms with E-state index in [1.807, 2.05) is 31.2 Å². The molecule has 0 atom stereocenters. The smallest absolute Gasteiger partial charge is 0.306 e. The van der Waals surface area contributed by atoms with Gasteiger partial charge in [0.1, 0.15) is 5.75 Å². The lowest BCUT2D eigenvalue weighted by atomic mass is 10.2. The van der Waals surface area contributed by atoms with Crippen molar-refractivity contribution in [2.75, 3.05) is 17.7 Å². The minimum absolute atomic E-state index is 0.124. The van der Waals surface area contributed by atoms with Crippen molar-refractivity contribution in [2.45, 2.75) is 11.8 Å². The van der Waals surface area contributed by atoms with Crippen molar-refractivity contribution in [2.24, 2.45) is 0 Å². The van der Waals surface area contributed by atoms with Gasteiger partial charge in [-0.15, -0.1) is 11.8 Å². The molecule has 2 aromatic carbocycles. The average molecular weight is 350 g/mol. The number of thioether (sulfide) groups is 1. The zero-order valence-electron chi connectivity index (χ0n) is 12.8. The minimum atomic E-state index is -0.943. The highest BCUT2D eigenvalue weighted by Crippen LogP contribution is 2.23. The first-order valence-corrected chi connectivity index (χ1v) is 8.07. The molecular weight excluding hydrogens is 335 g/mol. The zero-order valence-corrected chi connectivity index (χ0v) is 13.6. The van der Waals surface area contributed by atoms with Crippen LogP contribution in [-0.2, 0) is 4.79 Å². The number of hydrogen-bond donors (Lipinski definition) is 1. The Bertz CT molecular complexity index is 737. The Balaban J connectivity index is 1.91. The maximum Gasteiger partial charge on any atom is 0.306 e. The molecule has 0 heterocycles. The van der Waals surface area contributed by atoms with Crippen LogP contribution < -0.4 is 10.1 Å². The van der Waals surface area contributed by atoms with E-state index in [0.29, 0.717) is 6.61 Å². The predicted molar refractivity (Wildman–Crippen MR) is 90.0 cm³/mol. The van der Waals surface area contributed by atoms with Crippen LogP contribution in [0.25, 0.3) is 0 Å². The largest absolute Gasteiger partial charge is 0.494 e. The van der Waals surface area contributed by atoms with E-state index in [1.54, 1.807) is 0 Å². The molecule has 8 heteroatoms. The highest BCUT2D eigenvalue weighted by molar-refractivity contribution is 8.00. The Morgan fingerprint density at radius 1 is 1.29 bits per heavy atom. The first kappa shape index (κ1) is 17.7. The highest BCUT2D eigenvalue weighted by Gasteiger charge is 2.15. The number of nitro groups is 1. The van der Waals surface area contributed by atoms with Crippen molar-refractivity contribution in [3.8, 4) is 5.75 Å². The third-order valence-corrected chi connectivity index (χ3v) is 3.94. The molecule has 0 aliphatic carbocycles. The number of halogens is 1. The normalized spacial score (nSPS) is 10.2. The quantitative estimate of drug-likeness (QED) is 0.466. The molecule has 0 radical (unpaired) electrons. The van der Waals surface area contributed by atoms with Crippen molar-refractivity contribution < 1.29 is 18.8 Å². The van der Waals surface area contributed by atoms with E-state index in [-0.39, 0.29) is 17.3 Å². The number of ether oxygens (including phenoxy) is 1. The van der Waals surface area contributed by atoms with E-state index >= 15 is 0 Å². The van der Waals surface area contributed by atoms with Crippen LogP contribution >= 0.6 is 11.8 Å². The van der Waals surface area contributed by atoms with Crippen molar-refractivity contribution in [1.29, 1.82) is 0 Å². The molecule has 0 saturated heterocycles. The summed E-state index contributed by atoms with van der Waals surface area (Å²) in [6, 6.07) is 10.5. The van der Waals surface area contributed by atoms with Gasteiger partial charge in [-0.05, 0) is 43.3 Å². The molecule has 24 heavy (non-hydrogen) atoms. The molecule has 0 aliphatic rings. The van der Waals surface area contributed by atoms with Crippen LogP contribution in [-0.4, -0.2) is 23.2 Å². The number of nitrogens with zero attached hydrogens (tertiary/aromatic N) is 1. The molecule has 0 aromatic heterocycles. The number of nitrogens with one attached hydrogen (secondary N) is 1. The fourth-order valence-electron chi connectivity index (χ4n) is 1.88. The molecular formula is C16H15FN2O4S. The van der Waals surface area contributed by atoms with E-state index in [0.717, 1.165) is 22.8 Å². The molecule has 0 saturated carbocycles. The lowest BCUT2D eigenvalue weighted by Gasteiger charge is -2.06. The standard InChI is InChI=1S/C16H15FN2O4S/c1-2-23-12-4-6-13(7-5-12)24-10-16(20)18-11-3-8-14(17)15(9-11)19(21)22/h3-9H,2,10H2,1H3,(H,18,20). The van der Waals surface area contributed by atoms with Crippen LogP contribution in [0.4, 0.5) is 15.8 Å².